The Morgan fingerprint density at radius 2 is 1.88 bits per heavy atom. The van der Waals surface area contributed by atoms with Crippen LogP contribution in [-0.4, -0.2) is 48.4 Å². The van der Waals surface area contributed by atoms with Gasteiger partial charge in [0.2, 0.25) is 5.91 Å². The highest BCUT2D eigenvalue weighted by molar-refractivity contribution is 5.91. The molecule has 1 aromatic carbocycles. The lowest BCUT2D eigenvalue weighted by Gasteiger charge is -2.35. The second-order valence-corrected chi connectivity index (χ2v) is 6.48. The number of hydrogen-bond acceptors (Lipinski definition) is 2. The molecule has 0 unspecified atom stereocenters. The molecule has 0 saturated carbocycles. The quantitative estimate of drug-likeness (QED) is 0.783. The molecule has 0 bridgehead atoms. The van der Waals surface area contributed by atoms with E-state index in [2.05, 4.69) is 18.7 Å². The Kier molecular flexibility index (Phi) is 6.04. The largest absolute Gasteiger partial charge is 0.416 e. The van der Waals surface area contributed by atoms with E-state index in [4.69, 9.17) is 0 Å². The van der Waals surface area contributed by atoms with Crippen LogP contribution in [0.3, 0.4) is 0 Å². The van der Waals surface area contributed by atoms with E-state index in [-0.39, 0.29) is 5.91 Å². The van der Waals surface area contributed by atoms with E-state index < -0.39 is 11.7 Å². The lowest BCUT2D eigenvalue weighted by atomic mass is 10.1. The number of carbonyl (C=O) groups excluding carboxylic acids is 1. The predicted molar refractivity (Wildman–Crippen MR) is 88.3 cm³/mol. The first-order valence-electron chi connectivity index (χ1n) is 8.12. The van der Waals surface area contributed by atoms with Crippen molar-refractivity contribution in [2.45, 2.75) is 20.0 Å². The molecule has 1 aliphatic rings. The molecule has 132 valence electrons. The molecular weight excluding hydrogens is 317 g/mol. The molecule has 1 saturated heterocycles. The normalized spacial score (nSPS) is 17.0. The zero-order valence-corrected chi connectivity index (χ0v) is 14.0. The predicted octanol–water partition coefficient (Wildman–Crippen LogP) is 3.52. The van der Waals surface area contributed by atoms with Gasteiger partial charge in [-0.3, -0.25) is 9.69 Å². The van der Waals surface area contributed by atoms with Gasteiger partial charge in [0.1, 0.15) is 0 Å². The summed E-state index contributed by atoms with van der Waals surface area (Å²) in [7, 11) is 0. The van der Waals surface area contributed by atoms with Crippen molar-refractivity contribution in [3.63, 3.8) is 0 Å². The smallest absolute Gasteiger partial charge is 0.337 e. The van der Waals surface area contributed by atoms with Gasteiger partial charge in [-0.05, 0) is 29.7 Å². The highest BCUT2D eigenvalue weighted by atomic mass is 19.4. The summed E-state index contributed by atoms with van der Waals surface area (Å²) in [6, 6.07) is 4.97. The molecule has 0 atom stereocenters. The Balaban J connectivity index is 1.92. The molecule has 1 heterocycles. The number of hydrogen-bond donors (Lipinski definition) is 0. The van der Waals surface area contributed by atoms with Gasteiger partial charge in [0.05, 0.1) is 5.56 Å². The molecule has 6 heteroatoms. The van der Waals surface area contributed by atoms with Gasteiger partial charge in [0, 0.05) is 38.8 Å². The summed E-state index contributed by atoms with van der Waals surface area (Å²) in [6.45, 7) is 8.31. The van der Waals surface area contributed by atoms with Crippen LogP contribution in [0.15, 0.2) is 30.3 Å². The fourth-order valence-electron chi connectivity index (χ4n) is 2.76. The summed E-state index contributed by atoms with van der Waals surface area (Å²) in [5.74, 6) is 0.435. The van der Waals surface area contributed by atoms with Gasteiger partial charge in [-0.2, -0.15) is 13.2 Å². The monoisotopic (exact) mass is 340 g/mol. The van der Waals surface area contributed by atoms with Crippen molar-refractivity contribution < 1.29 is 18.0 Å². The third kappa shape index (κ3) is 5.37. The van der Waals surface area contributed by atoms with Crippen LogP contribution in [-0.2, 0) is 11.0 Å². The molecule has 1 aromatic rings. The molecular formula is C18H23F3N2O. The fraction of sp³-hybridized carbons (Fsp3) is 0.500. The molecule has 24 heavy (non-hydrogen) atoms. The van der Waals surface area contributed by atoms with Crippen molar-refractivity contribution in [3.8, 4) is 0 Å². The topological polar surface area (TPSA) is 23.6 Å². The van der Waals surface area contributed by atoms with E-state index in [0.29, 0.717) is 24.6 Å². The van der Waals surface area contributed by atoms with E-state index in [9.17, 15) is 18.0 Å². The molecule has 0 aliphatic carbocycles. The number of carbonyl (C=O) groups is 1. The first-order valence-corrected chi connectivity index (χ1v) is 8.12. The van der Waals surface area contributed by atoms with Crippen LogP contribution in [0.25, 0.3) is 6.08 Å². The van der Waals surface area contributed by atoms with Crippen LogP contribution >= 0.6 is 0 Å². The van der Waals surface area contributed by atoms with Crippen LogP contribution in [0.1, 0.15) is 25.0 Å². The Morgan fingerprint density at radius 1 is 1.21 bits per heavy atom. The maximum Gasteiger partial charge on any atom is 0.416 e. The van der Waals surface area contributed by atoms with E-state index in [1.54, 1.807) is 11.0 Å². The summed E-state index contributed by atoms with van der Waals surface area (Å²) in [4.78, 5) is 16.2. The van der Waals surface area contributed by atoms with Crippen LogP contribution < -0.4 is 0 Å². The number of halogens is 3. The average Bonchev–Trinajstić information content (AvgIpc) is 2.52. The average molecular weight is 340 g/mol. The summed E-state index contributed by atoms with van der Waals surface area (Å²) in [5, 5.41) is 0. The third-order valence-corrected chi connectivity index (χ3v) is 3.94. The number of nitrogens with zero attached hydrogens (tertiary/aromatic N) is 2. The number of alkyl halides is 3. The SMILES string of the molecule is CC(C)CN1CCN(C(=O)/C=C/c2cccc(C(F)(F)F)c2)CC1. The second-order valence-electron chi connectivity index (χ2n) is 6.48. The van der Waals surface area contributed by atoms with Crippen molar-refractivity contribution in [2.75, 3.05) is 32.7 Å². The van der Waals surface area contributed by atoms with Gasteiger partial charge in [-0.1, -0.05) is 26.0 Å². The van der Waals surface area contributed by atoms with E-state index in [1.807, 2.05) is 0 Å². The number of piperazine rings is 1. The molecule has 1 amide bonds. The summed E-state index contributed by atoms with van der Waals surface area (Å²) < 4.78 is 38.0. The van der Waals surface area contributed by atoms with E-state index >= 15 is 0 Å². The number of amides is 1. The maximum atomic E-state index is 12.7. The second kappa shape index (κ2) is 7.83. The molecule has 0 spiro atoms. The highest BCUT2D eigenvalue weighted by Gasteiger charge is 2.30. The van der Waals surface area contributed by atoms with Crippen LogP contribution in [0.4, 0.5) is 13.2 Å². The van der Waals surface area contributed by atoms with Gasteiger partial charge >= 0.3 is 6.18 Å². The zero-order chi connectivity index (χ0) is 17.7. The summed E-state index contributed by atoms with van der Waals surface area (Å²) in [5.41, 5.74) is -0.337. The van der Waals surface area contributed by atoms with Gasteiger partial charge in [-0.25, -0.2) is 0 Å². The van der Waals surface area contributed by atoms with Gasteiger partial charge < -0.3 is 4.90 Å². The van der Waals surface area contributed by atoms with Crippen molar-refractivity contribution in [1.82, 2.24) is 9.80 Å². The summed E-state index contributed by atoms with van der Waals surface area (Å²) >= 11 is 0. The van der Waals surface area contributed by atoms with Crippen LogP contribution in [0.5, 0.6) is 0 Å². The van der Waals surface area contributed by atoms with Crippen molar-refractivity contribution >= 4 is 12.0 Å². The van der Waals surface area contributed by atoms with Crippen LogP contribution in [0, 0.1) is 5.92 Å². The number of rotatable bonds is 4. The molecule has 1 aliphatic heterocycles. The first-order chi connectivity index (χ1) is 11.3. The maximum absolute atomic E-state index is 12.7. The van der Waals surface area contributed by atoms with Crippen molar-refractivity contribution in [2.24, 2.45) is 5.92 Å². The molecule has 0 N–H and O–H groups in total. The van der Waals surface area contributed by atoms with Crippen molar-refractivity contribution in [1.29, 1.82) is 0 Å². The number of benzene rings is 1. The Bertz CT molecular complexity index is 588. The zero-order valence-electron chi connectivity index (χ0n) is 14.0. The third-order valence-electron chi connectivity index (χ3n) is 3.94. The molecule has 2 rings (SSSR count). The molecule has 3 nitrogen and oxygen atoms in total. The standard InChI is InChI=1S/C18H23F3N2O/c1-14(2)13-22-8-10-23(11-9-22)17(24)7-6-15-4-3-5-16(12-15)18(19,20)21/h3-7,12,14H,8-11,13H2,1-2H3/b7-6+. The van der Waals surface area contributed by atoms with E-state index in [0.717, 1.165) is 31.8 Å². The minimum atomic E-state index is -4.37. The Hall–Kier alpha value is -1.82. The fourth-order valence-corrected chi connectivity index (χ4v) is 2.76. The van der Waals surface area contributed by atoms with E-state index in [1.165, 1.54) is 18.2 Å². The molecule has 0 aromatic heterocycles. The Labute approximate surface area is 140 Å². The molecule has 1 fully saturated rings. The minimum absolute atomic E-state index is 0.156. The summed E-state index contributed by atoms with van der Waals surface area (Å²) in [6.07, 6.45) is -1.58. The van der Waals surface area contributed by atoms with Gasteiger partial charge in [0.15, 0.2) is 0 Å². The lowest BCUT2D eigenvalue weighted by molar-refractivity contribution is -0.137. The minimum Gasteiger partial charge on any atom is -0.337 e. The van der Waals surface area contributed by atoms with Crippen molar-refractivity contribution in [3.05, 3.63) is 41.5 Å². The van der Waals surface area contributed by atoms with Crippen LogP contribution in [0.2, 0.25) is 0 Å². The Morgan fingerprint density at radius 3 is 2.46 bits per heavy atom. The van der Waals surface area contributed by atoms with Gasteiger partial charge in [0.25, 0.3) is 0 Å². The lowest BCUT2D eigenvalue weighted by Crippen LogP contribution is -2.49. The highest BCUT2D eigenvalue weighted by Crippen LogP contribution is 2.29. The molecule has 0 radical (unpaired) electrons. The van der Waals surface area contributed by atoms with Gasteiger partial charge in [-0.15, -0.1) is 0 Å². The first kappa shape index (κ1) is 18.5.